The van der Waals surface area contributed by atoms with Crippen LogP contribution >= 0.6 is 0 Å². The number of hydrogen-bond donors (Lipinski definition) is 1. The van der Waals surface area contributed by atoms with Crippen molar-refractivity contribution >= 4 is 11.9 Å². The summed E-state index contributed by atoms with van der Waals surface area (Å²) in [6, 6.07) is 1.66. The summed E-state index contributed by atoms with van der Waals surface area (Å²) in [5.74, 6) is -0.895. The van der Waals surface area contributed by atoms with Gasteiger partial charge in [0, 0.05) is 19.6 Å². The van der Waals surface area contributed by atoms with Crippen LogP contribution in [-0.2, 0) is 22.6 Å². The Morgan fingerprint density at radius 2 is 2.13 bits per heavy atom. The van der Waals surface area contributed by atoms with E-state index in [1.165, 1.54) is 7.11 Å². The van der Waals surface area contributed by atoms with Gasteiger partial charge in [-0.05, 0) is 19.5 Å². The minimum Gasteiger partial charge on any atom is -0.464 e. The first-order chi connectivity index (χ1) is 11.0. The first-order valence-corrected chi connectivity index (χ1v) is 7.80. The lowest BCUT2D eigenvalue weighted by Crippen LogP contribution is -2.51. The van der Waals surface area contributed by atoms with E-state index in [1.54, 1.807) is 15.6 Å². The number of aromatic nitrogens is 2. The number of amides is 1. The van der Waals surface area contributed by atoms with E-state index in [-0.39, 0.29) is 17.5 Å². The molecule has 8 nitrogen and oxygen atoms in total. The quantitative estimate of drug-likeness (QED) is 0.726. The van der Waals surface area contributed by atoms with E-state index in [9.17, 15) is 14.7 Å². The summed E-state index contributed by atoms with van der Waals surface area (Å²) >= 11 is 0. The van der Waals surface area contributed by atoms with Gasteiger partial charge in [0.1, 0.15) is 0 Å². The van der Waals surface area contributed by atoms with Gasteiger partial charge in [-0.2, -0.15) is 5.10 Å². The Morgan fingerprint density at radius 1 is 1.35 bits per heavy atom. The second kappa shape index (κ2) is 6.29. The third kappa shape index (κ3) is 3.09. The molecule has 3 heterocycles. The number of fused-ring (bicyclic) bond motifs is 1. The van der Waals surface area contributed by atoms with Gasteiger partial charge >= 0.3 is 5.97 Å². The van der Waals surface area contributed by atoms with Crippen molar-refractivity contribution in [2.75, 3.05) is 33.8 Å². The topological polar surface area (TPSA) is 87.9 Å². The van der Waals surface area contributed by atoms with Crippen LogP contribution < -0.4 is 0 Å². The number of piperidine rings is 1. The van der Waals surface area contributed by atoms with Gasteiger partial charge in [0.25, 0.3) is 0 Å². The molecule has 0 spiro atoms. The number of nitrogens with zero attached hydrogens (tertiary/aromatic N) is 4. The molecule has 0 aromatic carbocycles. The molecule has 1 fully saturated rings. The maximum absolute atomic E-state index is 12.7. The number of hydrogen-bond acceptors (Lipinski definition) is 6. The highest BCUT2D eigenvalue weighted by Gasteiger charge is 2.36. The molecule has 0 saturated carbocycles. The number of carbonyl (C=O) groups excluding carboxylic acids is 2. The van der Waals surface area contributed by atoms with Crippen molar-refractivity contribution < 1.29 is 19.4 Å². The van der Waals surface area contributed by atoms with Crippen LogP contribution in [0.5, 0.6) is 0 Å². The van der Waals surface area contributed by atoms with Gasteiger partial charge in [0.05, 0.1) is 37.9 Å². The van der Waals surface area contributed by atoms with E-state index in [4.69, 9.17) is 0 Å². The molecule has 2 aliphatic heterocycles. The lowest BCUT2D eigenvalue weighted by Gasteiger charge is -2.37. The van der Waals surface area contributed by atoms with E-state index in [0.29, 0.717) is 32.6 Å². The molecular weight excluding hydrogens is 300 g/mol. The summed E-state index contributed by atoms with van der Waals surface area (Å²) < 4.78 is 6.41. The van der Waals surface area contributed by atoms with Crippen LogP contribution in [0.25, 0.3) is 0 Å². The van der Waals surface area contributed by atoms with Gasteiger partial charge in [-0.15, -0.1) is 0 Å². The molecule has 1 aromatic heterocycles. The fraction of sp³-hybridized carbons (Fsp3) is 0.667. The predicted molar refractivity (Wildman–Crippen MR) is 80.6 cm³/mol. The molecule has 8 heteroatoms. The molecule has 23 heavy (non-hydrogen) atoms. The maximum Gasteiger partial charge on any atom is 0.358 e. The van der Waals surface area contributed by atoms with E-state index in [1.807, 2.05) is 7.05 Å². The number of esters is 1. The van der Waals surface area contributed by atoms with E-state index < -0.39 is 12.1 Å². The van der Waals surface area contributed by atoms with Gasteiger partial charge in [0.15, 0.2) is 5.69 Å². The molecule has 2 atom stereocenters. The van der Waals surface area contributed by atoms with Crippen LogP contribution in [0.4, 0.5) is 0 Å². The lowest BCUT2D eigenvalue weighted by molar-refractivity contribution is -0.143. The molecule has 3 rings (SSSR count). The van der Waals surface area contributed by atoms with Crippen molar-refractivity contribution in [3.8, 4) is 0 Å². The van der Waals surface area contributed by atoms with Crippen molar-refractivity contribution in [2.45, 2.75) is 25.6 Å². The van der Waals surface area contributed by atoms with E-state index >= 15 is 0 Å². The molecule has 0 aliphatic carbocycles. The van der Waals surface area contributed by atoms with Crippen molar-refractivity contribution in [2.24, 2.45) is 5.92 Å². The number of likely N-dealkylation sites (tertiary alicyclic amines) is 1. The Bertz CT molecular complexity index is 615. The number of rotatable bonds is 2. The molecule has 1 amide bonds. The van der Waals surface area contributed by atoms with Crippen molar-refractivity contribution in [3.63, 3.8) is 0 Å². The minimum atomic E-state index is -0.587. The van der Waals surface area contributed by atoms with Crippen LogP contribution in [0, 0.1) is 5.92 Å². The first kappa shape index (κ1) is 15.9. The zero-order valence-corrected chi connectivity index (χ0v) is 13.4. The van der Waals surface area contributed by atoms with Crippen LogP contribution in [0.3, 0.4) is 0 Å². The Hall–Kier alpha value is -1.93. The summed E-state index contributed by atoms with van der Waals surface area (Å²) in [5, 5.41) is 14.3. The molecule has 1 N–H and O–H groups in total. The molecular formula is C15H22N4O4. The molecule has 1 saturated heterocycles. The largest absolute Gasteiger partial charge is 0.464 e. The fourth-order valence-corrected chi connectivity index (χ4v) is 3.24. The highest BCUT2D eigenvalue weighted by atomic mass is 16.5. The molecule has 0 radical (unpaired) electrons. The zero-order valence-electron chi connectivity index (χ0n) is 13.4. The van der Waals surface area contributed by atoms with Gasteiger partial charge in [-0.3, -0.25) is 9.48 Å². The fourth-order valence-electron chi connectivity index (χ4n) is 3.24. The van der Waals surface area contributed by atoms with Crippen molar-refractivity contribution in [1.29, 1.82) is 0 Å². The SMILES string of the molecule is COC(=O)c1cc2n(n1)CCN(C(=O)[C@@H]1CN(C)CC[C@@H]1O)C2. The van der Waals surface area contributed by atoms with Crippen molar-refractivity contribution in [1.82, 2.24) is 19.6 Å². The Kier molecular flexibility index (Phi) is 4.36. The predicted octanol–water partition coefficient (Wildman–Crippen LogP) is -0.675. The van der Waals surface area contributed by atoms with Crippen LogP contribution in [0.2, 0.25) is 0 Å². The van der Waals surface area contributed by atoms with E-state index in [0.717, 1.165) is 12.2 Å². The smallest absolute Gasteiger partial charge is 0.358 e. The molecule has 0 bridgehead atoms. The summed E-state index contributed by atoms with van der Waals surface area (Å²) in [6.45, 7) is 2.84. The molecule has 126 valence electrons. The minimum absolute atomic E-state index is 0.0314. The summed E-state index contributed by atoms with van der Waals surface area (Å²) in [4.78, 5) is 28.1. The van der Waals surface area contributed by atoms with Gasteiger partial charge in [-0.1, -0.05) is 0 Å². The summed E-state index contributed by atoms with van der Waals surface area (Å²) in [6.07, 6.45) is 0.0294. The molecule has 0 unspecified atom stereocenters. The van der Waals surface area contributed by atoms with Gasteiger partial charge in [0.2, 0.25) is 5.91 Å². The molecule has 2 aliphatic rings. The average molecular weight is 322 g/mol. The number of aliphatic hydroxyl groups excluding tert-OH is 1. The third-order valence-electron chi connectivity index (χ3n) is 4.60. The van der Waals surface area contributed by atoms with Gasteiger partial charge in [-0.25, -0.2) is 4.79 Å². The number of methoxy groups -OCH3 is 1. The van der Waals surface area contributed by atoms with Crippen LogP contribution in [-0.4, -0.2) is 76.5 Å². The normalized spacial score (nSPS) is 25.1. The van der Waals surface area contributed by atoms with Crippen molar-refractivity contribution in [3.05, 3.63) is 17.5 Å². The molecule has 1 aromatic rings. The summed E-state index contributed by atoms with van der Waals surface area (Å²) in [7, 11) is 3.28. The van der Waals surface area contributed by atoms with E-state index in [2.05, 4.69) is 14.7 Å². The Balaban J connectivity index is 1.72. The average Bonchev–Trinajstić information content (AvgIpc) is 2.98. The Labute approximate surface area is 134 Å². The van der Waals surface area contributed by atoms with Crippen LogP contribution in [0.15, 0.2) is 6.07 Å². The monoisotopic (exact) mass is 322 g/mol. The highest BCUT2D eigenvalue weighted by Crippen LogP contribution is 2.22. The maximum atomic E-state index is 12.7. The number of aliphatic hydroxyl groups is 1. The highest BCUT2D eigenvalue weighted by molar-refractivity contribution is 5.87. The second-order valence-corrected chi connectivity index (χ2v) is 6.22. The standard InChI is InChI=1S/C15H22N4O4/c1-17-4-3-13(20)11(9-17)14(21)18-5-6-19-10(8-18)7-12(16-19)15(22)23-2/h7,11,13,20H,3-6,8-9H2,1-2H3/t11-,13+/m1/s1. The second-order valence-electron chi connectivity index (χ2n) is 6.22. The number of carbonyl (C=O) groups is 2. The lowest BCUT2D eigenvalue weighted by atomic mass is 9.93. The summed E-state index contributed by atoms with van der Waals surface area (Å²) in [5.41, 5.74) is 1.07. The zero-order chi connectivity index (χ0) is 16.6. The Morgan fingerprint density at radius 3 is 2.87 bits per heavy atom. The number of ether oxygens (including phenoxy) is 1. The van der Waals surface area contributed by atoms with Crippen LogP contribution in [0.1, 0.15) is 22.6 Å². The third-order valence-corrected chi connectivity index (χ3v) is 4.60. The van der Waals surface area contributed by atoms with Gasteiger partial charge < -0.3 is 19.6 Å². The first-order valence-electron chi connectivity index (χ1n) is 7.80.